The summed E-state index contributed by atoms with van der Waals surface area (Å²) in [7, 11) is -3.19. The van der Waals surface area contributed by atoms with Crippen molar-refractivity contribution in [2.75, 3.05) is 6.26 Å². The van der Waals surface area contributed by atoms with Gasteiger partial charge in [0.05, 0.1) is 0 Å². The first-order chi connectivity index (χ1) is 7.37. The van der Waals surface area contributed by atoms with E-state index in [9.17, 15) is 13.2 Å². The summed E-state index contributed by atoms with van der Waals surface area (Å²) < 4.78 is 26.9. The van der Waals surface area contributed by atoms with E-state index in [2.05, 4.69) is 10.2 Å². The maximum atomic E-state index is 10.9. The molecule has 1 aromatic heterocycles. The van der Waals surface area contributed by atoms with Crippen LogP contribution >= 0.6 is 0 Å². The lowest BCUT2D eigenvalue weighted by Gasteiger charge is -1.92. The van der Waals surface area contributed by atoms with E-state index in [0.717, 1.165) is 6.26 Å². The van der Waals surface area contributed by atoms with Crippen LogP contribution in [0, 0.1) is 0 Å². The van der Waals surface area contributed by atoms with Crippen molar-refractivity contribution < 1.29 is 22.7 Å². The Balaban J connectivity index is 2.49. The zero-order valence-electron chi connectivity index (χ0n) is 8.71. The molecule has 0 amide bonds. The topological polar surface area (TPSA) is 110 Å². The van der Waals surface area contributed by atoms with Crippen molar-refractivity contribution in [1.82, 2.24) is 10.2 Å². The number of carboxylic acids is 1. The second-order valence-electron chi connectivity index (χ2n) is 3.41. The smallest absolute Gasteiger partial charge is 0.303 e. The molecule has 0 radical (unpaired) electrons. The van der Waals surface area contributed by atoms with E-state index in [4.69, 9.17) is 9.52 Å². The Morgan fingerprint density at radius 2 is 2.00 bits per heavy atom. The quantitative estimate of drug-likeness (QED) is 0.755. The number of rotatable bonds is 6. The third kappa shape index (κ3) is 4.87. The first-order valence-electron chi connectivity index (χ1n) is 4.57. The van der Waals surface area contributed by atoms with Gasteiger partial charge < -0.3 is 9.52 Å². The predicted octanol–water partition coefficient (Wildman–Crippen LogP) is 0.0215. The van der Waals surface area contributed by atoms with Crippen molar-refractivity contribution in [3.05, 3.63) is 11.8 Å². The van der Waals surface area contributed by atoms with E-state index in [1.54, 1.807) is 0 Å². The van der Waals surface area contributed by atoms with Crippen LogP contribution in [-0.2, 0) is 26.8 Å². The fourth-order valence-corrected chi connectivity index (χ4v) is 1.63. The maximum Gasteiger partial charge on any atom is 0.303 e. The Kier molecular flexibility index (Phi) is 3.99. The normalized spacial score (nSPS) is 11.6. The van der Waals surface area contributed by atoms with Crippen LogP contribution in [0.3, 0.4) is 0 Å². The van der Waals surface area contributed by atoms with Crippen LogP contribution in [0.4, 0.5) is 0 Å². The van der Waals surface area contributed by atoms with E-state index in [-0.39, 0.29) is 24.0 Å². The molecule has 16 heavy (non-hydrogen) atoms. The number of carboxylic acid groups (broad SMARTS) is 1. The van der Waals surface area contributed by atoms with Crippen LogP contribution in [0.1, 0.15) is 24.6 Å². The van der Waals surface area contributed by atoms with Gasteiger partial charge in [-0.25, -0.2) is 8.42 Å². The van der Waals surface area contributed by atoms with Gasteiger partial charge in [-0.05, 0) is 6.42 Å². The summed E-state index contributed by atoms with van der Waals surface area (Å²) in [6.45, 7) is 0. The van der Waals surface area contributed by atoms with Crippen LogP contribution in [0.5, 0.6) is 0 Å². The van der Waals surface area contributed by atoms with Crippen molar-refractivity contribution in [2.24, 2.45) is 0 Å². The molecule has 90 valence electrons. The van der Waals surface area contributed by atoms with Crippen LogP contribution in [0.2, 0.25) is 0 Å². The summed E-state index contributed by atoms with van der Waals surface area (Å²) in [4.78, 5) is 10.2. The Morgan fingerprint density at radius 3 is 2.56 bits per heavy atom. The van der Waals surface area contributed by atoms with Crippen molar-refractivity contribution >= 4 is 15.8 Å². The number of hydrogen-bond donors (Lipinski definition) is 1. The van der Waals surface area contributed by atoms with Gasteiger partial charge in [0.1, 0.15) is 5.75 Å². The molecule has 0 aromatic carbocycles. The first kappa shape index (κ1) is 12.6. The second kappa shape index (κ2) is 5.06. The van der Waals surface area contributed by atoms with Gasteiger partial charge in [0.25, 0.3) is 0 Å². The summed E-state index contributed by atoms with van der Waals surface area (Å²) in [6, 6.07) is 0. The van der Waals surface area contributed by atoms with Crippen molar-refractivity contribution in [3.63, 3.8) is 0 Å². The average molecular weight is 248 g/mol. The fraction of sp³-hybridized carbons (Fsp3) is 0.625. The molecule has 7 nitrogen and oxygen atoms in total. The van der Waals surface area contributed by atoms with E-state index in [0.29, 0.717) is 12.8 Å². The molecule has 1 aromatic rings. The molecule has 0 fully saturated rings. The number of nitrogens with zero attached hydrogens (tertiary/aromatic N) is 2. The van der Waals surface area contributed by atoms with Gasteiger partial charge in [-0.1, -0.05) is 0 Å². The Morgan fingerprint density at radius 1 is 1.38 bits per heavy atom. The Hall–Kier alpha value is -1.44. The number of aliphatic carboxylic acids is 1. The standard InChI is InChI=1S/C8H12N2O5S/c1-16(13,14)5-7-10-9-6(15-7)3-2-4-8(11)12/h2-5H2,1H3,(H,11,12). The van der Waals surface area contributed by atoms with Crippen molar-refractivity contribution in [2.45, 2.75) is 25.0 Å². The number of carbonyl (C=O) groups is 1. The molecule has 0 aliphatic carbocycles. The third-order valence-electron chi connectivity index (χ3n) is 1.68. The summed E-state index contributed by atoms with van der Waals surface area (Å²) in [5, 5.41) is 15.6. The molecule has 0 bridgehead atoms. The van der Waals surface area contributed by atoms with Crippen LogP contribution in [0.15, 0.2) is 4.42 Å². The molecule has 1 heterocycles. The maximum absolute atomic E-state index is 10.9. The van der Waals surface area contributed by atoms with Crippen LogP contribution in [0.25, 0.3) is 0 Å². The zero-order chi connectivity index (χ0) is 12.2. The summed E-state index contributed by atoms with van der Waals surface area (Å²) in [6.07, 6.45) is 1.81. The minimum Gasteiger partial charge on any atom is -0.481 e. The molecule has 0 saturated carbocycles. The molecule has 0 atom stereocenters. The van der Waals surface area contributed by atoms with Crippen LogP contribution < -0.4 is 0 Å². The number of aryl methyl sites for hydroxylation is 1. The minimum atomic E-state index is -3.19. The van der Waals surface area contributed by atoms with Gasteiger partial charge >= 0.3 is 5.97 Å². The molecule has 8 heteroatoms. The fourth-order valence-electron chi connectivity index (χ4n) is 1.06. The number of hydrogen-bond acceptors (Lipinski definition) is 6. The molecule has 1 rings (SSSR count). The van der Waals surface area contributed by atoms with Crippen molar-refractivity contribution in [1.29, 1.82) is 0 Å². The lowest BCUT2D eigenvalue weighted by atomic mass is 10.2. The minimum absolute atomic E-state index is 0.0176. The highest BCUT2D eigenvalue weighted by Crippen LogP contribution is 2.07. The van der Waals surface area contributed by atoms with Gasteiger partial charge in [0.15, 0.2) is 9.84 Å². The van der Waals surface area contributed by atoms with Gasteiger partial charge in [0, 0.05) is 19.1 Å². The first-order valence-corrected chi connectivity index (χ1v) is 6.63. The monoisotopic (exact) mass is 248 g/mol. The SMILES string of the molecule is CS(=O)(=O)Cc1nnc(CCCC(=O)O)o1. The summed E-state index contributed by atoms with van der Waals surface area (Å²) in [5.41, 5.74) is 0. The Labute approximate surface area is 92.4 Å². The molecule has 0 unspecified atom stereocenters. The molecular formula is C8H12N2O5S. The summed E-state index contributed by atoms with van der Waals surface area (Å²) in [5.74, 6) is -0.887. The average Bonchev–Trinajstić information content (AvgIpc) is 2.48. The van der Waals surface area contributed by atoms with E-state index in [1.165, 1.54) is 0 Å². The Bertz CT molecular complexity index is 465. The van der Waals surface area contributed by atoms with Gasteiger partial charge in [-0.15, -0.1) is 10.2 Å². The van der Waals surface area contributed by atoms with Crippen molar-refractivity contribution in [3.8, 4) is 0 Å². The lowest BCUT2D eigenvalue weighted by Crippen LogP contribution is -2.00. The highest BCUT2D eigenvalue weighted by Gasteiger charge is 2.12. The predicted molar refractivity (Wildman–Crippen MR) is 53.4 cm³/mol. The molecule has 0 aliphatic rings. The molecule has 0 aliphatic heterocycles. The molecule has 0 spiro atoms. The van der Waals surface area contributed by atoms with E-state index >= 15 is 0 Å². The zero-order valence-corrected chi connectivity index (χ0v) is 9.53. The molecular weight excluding hydrogens is 236 g/mol. The van der Waals surface area contributed by atoms with E-state index in [1.807, 2.05) is 0 Å². The van der Waals surface area contributed by atoms with Gasteiger partial charge in [0.2, 0.25) is 11.8 Å². The largest absolute Gasteiger partial charge is 0.481 e. The van der Waals surface area contributed by atoms with Gasteiger partial charge in [-0.2, -0.15) is 0 Å². The summed E-state index contributed by atoms with van der Waals surface area (Å²) >= 11 is 0. The van der Waals surface area contributed by atoms with Crippen LogP contribution in [-0.4, -0.2) is 35.9 Å². The van der Waals surface area contributed by atoms with E-state index < -0.39 is 15.8 Å². The third-order valence-corrected chi connectivity index (χ3v) is 2.45. The van der Waals surface area contributed by atoms with Gasteiger partial charge in [-0.3, -0.25) is 4.79 Å². The number of sulfone groups is 1. The molecule has 0 saturated heterocycles. The lowest BCUT2D eigenvalue weighted by molar-refractivity contribution is -0.137. The highest BCUT2D eigenvalue weighted by atomic mass is 32.2. The molecule has 1 N–H and O–H groups in total. The number of aromatic nitrogens is 2. The second-order valence-corrected chi connectivity index (χ2v) is 5.55. The highest BCUT2D eigenvalue weighted by molar-refractivity contribution is 7.89.